The van der Waals surface area contributed by atoms with Crippen LogP contribution in [0.1, 0.15) is 46.5 Å². The average Bonchev–Trinajstić information content (AvgIpc) is 2.28. The van der Waals surface area contributed by atoms with Crippen LogP contribution in [0.3, 0.4) is 0 Å². The standard InChI is InChI=1S/C12H28NO3P/c1-4-7-8-9-10-13-11-12-17(14,15-5-2)16-6-3/h13H,4-12H2,1-3H3. The molecule has 104 valence electrons. The molecule has 5 heteroatoms. The second-order valence-corrected chi connectivity index (χ2v) is 6.17. The molecule has 0 rings (SSSR count). The van der Waals surface area contributed by atoms with E-state index in [2.05, 4.69) is 12.2 Å². The molecule has 0 saturated carbocycles. The molecular formula is C12H28NO3P. The molecule has 1 N–H and O–H groups in total. The lowest BCUT2D eigenvalue weighted by Crippen LogP contribution is -2.20. The Balaban J connectivity index is 3.58. The summed E-state index contributed by atoms with van der Waals surface area (Å²) < 4.78 is 22.5. The van der Waals surface area contributed by atoms with Gasteiger partial charge in [0.2, 0.25) is 0 Å². The van der Waals surface area contributed by atoms with Gasteiger partial charge in [0.1, 0.15) is 0 Å². The van der Waals surface area contributed by atoms with E-state index < -0.39 is 7.60 Å². The monoisotopic (exact) mass is 265 g/mol. The minimum Gasteiger partial charge on any atom is -0.316 e. The minimum atomic E-state index is -2.84. The van der Waals surface area contributed by atoms with Crippen molar-refractivity contribution < 1.29 is 13.6 Å². The van der Waals surface area contributed by atoms with Crippen molar-refractivity contribution in [1.29, 1.82) is 0 Å². The quantitative estimate of drug-likeness (QED) is 0.434. The van der Waals surface area contributed by atoms with Crippen molar-refractivity contribution in [3.05, 3.63) is 0 Å². The van der Waals surface area contributed by atoms with Crippen molar-refractivity contribution in [3.8, 4) is 0 Å². The van der Waals surface area contributed by atoms with Gasteiger partial charge in [-0.3, -0.25) is 4.57 Å². The first-order chi connectivity index (χ1) is 8.18. The lowest BCUT2D eigenvalue weighted by Gasteiger charge is -2.17. The van der Waals surface area contributed by atoms with Gasteiger partial charge in [-0.05, 0) is 26.8 Å². The zero-order chi connectivity index (χ0) is 13.0. The van der Waals surface area contributed by atoms with Gasteiger partial charge in [-0.1, -0.05) is 26.2 Å². The molecule has 0 spiro atoms. The van der Waals surface area contributed by atoms with Crippen molar-refractivity contribution in [2.75, 3.05) is 32.5 Å². The Morgan fingerprint density at radius 2 is 1.59 bits per heavy atom. The molecule has 0 amide bonds. The van der Waals surface area contributed by atoms with E-state index in [1.54, 1.807) is 0 Å². The van der Waals surface area contributed by atoms with Crippen LogP contribution in [0.4, 0.5) is 0 Å². The Bertz CT molecular complexity index is 202. The van der Waals surface area contributed by atoms with E-state index in [9.17, 15) is 4.57 Å². The summed E-state index contributed by atoms with van der Waals surface area (Å²) in [6.07, 6.45) is 5.45. The summed E-state index contributed by atoms with van der Waals surface area (Å²) in [7, 11) is -2.84. The Labute approximate surface area is 106 Å². The molecule has 0 aromatic carbocycles. The van der Waals surface area contributed by atoms with Crippen LogP contribution in [0, 0.1) is 0 Å². The third-order valence-electron chi connectivity index (χ3n) is 2.42. The molecule has 4 nitrogen and oxygen atoms in total. The molecule has 0 aliphatic heterocycles. The van der Waals surface area contributed by atoms with Crippen LogP contribution in [-0.4, -0.2) is 32.5 Å². The zero-order valence-corrected chi connectivity index (χ0v) is 12.4. The van der Waals surface area contributed by atoms with Gasteiger partial charge in [-0.2, -0.15) is 0 Å². The van der Waals surface area contributed by atoms with Crippen LogP contribution in [-0.2, 0) is 13.6 Å². The molecule has 0 aliphatic rings. The van der Waals surface area contributed by atoms with Gasteiger partial charge in [0.25, 0.3) is 0 Å². The first-order valence-corrected chi connectivity index (χ1v) is 8.50. The molecule has 0 aliphatic carbocycles. The average molecular weight is 265 g/mol. The molecule has 0 fully saturated rings. The van der Waals surface area contributed by atoms with Crippen LogP contribution in [0.2, 0.25) is 0 Å². The predicted octanol–water partition coefficient (Wildman–Crippen LogP) is 3.42. The highest BCUT2D eigenvalue weighted by molar-refractivity contribution is 7.53. The van der Waals surface area contributed by atoms with Crippen LogP contribution < -0.4 is 5.32 Å². The van der Waals surface area contributed by atoms with E-state index in [1.807, 2.05) is 13.8 Å². The number of unbranched alkanes of at least 4 members (excludes halogenated alkanes) is 3. The normalized spacial score (nSPS) is 11.9. The molecule has 0 aromatic heterocycles. The summed E-state index contributed by atoms with van der Waals surface area (Å²) >= 11 is 0. The molecular weight excluding hydrogens is 237 g/mol. The van der Waals surface area contributed by atoms with Gasteiger partial charge in [-0.25, -0.2) is 0 Å². The highest BCUT2D eigenvalue weighted by Crippen LogP contribution is 2.47. The topological polar surface area (TPSA) is 47.6 Å². The van der Waals surface area contributed by atoms with Crippen molar-refractivity contribution in [2.45, 2.75) is 46.5 Å². The van der Waals surface area contributed by atoms with E-state index in [4.69, 9.17) is 9.05 Å². The van der Waals surface area contributed by atoms with Crippen LogP contribution in [0.15, 0.2) is 0 Å². The Hall–Kier alpha value is 0.110. The number of nitrogens with one attached hydrogen (secondary N) is 1. The fourth-order valence-corrected chi connectivity index (χ4v) is 3.13. The lowest BCUT2D eigenvalue weighted by molar-refractivity contribution is 0.220. The second-order valence-electron chi connectivity index (χ2n) is 3.98. The van der Waals surface area contributed by atoms with Crippen molar-refractivity contribution in [2.24, 2.45) is 0 Å². The molecule has 0 atom stereocenters. The molecule has 0 bridgehead atoms. The van der Waals surface area contributed by atoms with Gasteiger partial charge in [0.15, 0.2) is 0 Å². The maximum atomic E-state index is 12.1. The first-order valence-electron chi connectivity index (χ1n) is 6.77. The Morgan fingerprint density at radius 1 is 0.941 bits per heavy atom. The van der Waals surface area contributed by atoms with Gasteiger partial charge in [0, 0.05) is 6.54 Å². The van der Waals surface area contributed by atoms with E-state index in [-0.39, 0.29) is 0 Å². The number of hydrogen-bond donors (Lipinski definition) is 1. The van der Waals surface area contributed by atoms with Crippen molar-refractivity contribution in [3.63, 3.8) is 0 Å². The molecule has 0 unspecified atom stereocenters. The fourth-order valence-electron chi connectivity index (χ4n) is 1.58. The minimum absolute atomic E-state index is 0.438. The summed E-state index contributed by atoms with van der Waals surface area (Å²) in [5.74, 6) is 0. The van der Waals surface area contributed by atoms with E-state index in [1.165, 1.54) is 25.7 Å². The molecule has 17 heavy (non-hydrogen) atoms. The molecule has 0 heterocycles. The highest BCUT2D eigenvalue weighted by atomic mass is 31.2. The predicted molar refractivity (Wildman–Crippen MR) is 72.7 cm³/mol. The van der Waals surface area contributed by atoms with E-state index >= 15 is 0 Å². The van der Waals surface area contributed by atoms with Crippen LogP contribution in [0.5, 0.6) is 0 Å². The number of hydrogen-bond acceptors (Lipinski definition) is 4. The fraction of sp³-hybridized carbons (Fsp3) is 1.00. The second kappa shape index (κ2) is 11.2. The van der Waals surface area contributed by atoms with Crippen molar-refractivity contribution in [1.82, 2.24) is 5.32 Å². The highest BCUT2D eigenvalue weighted by Gasteiger charge is 2.22. The van der Waals surface area contributed by atoms with Crippen LogP contribution in [0.25, 0.3) is 0 Å². The molecule has 0 saturated heterocycles. The Morgan fingerprint density at radius 3 is 2.12 bits per heavy atom. The Kier molecular flexibility index (Phi) is 11.3. The largest absolute Gasteiger partial charge is 0.331 e. The summed E-state index contributed by atoms with van der Waals surface area (Å²) in [6.45, 7) is 8.44. The molecule has 0 aromatic rings. The smallest absolute Gasteiger partial charge is 0.316 e. The third-order valence-corrected chi connectivity index (χ3v) is 4.50. The first kappa shape index (κ1) is 17.1. The lowest BCUT2D eigenvalue weighted by atomic mass is 10.2. The van der Waals surface area contributed by atoms with Gasteiger partial charge < -0.3 is 14.4 Å². The summed E-state index contributed by atoms with van der Waals surface area (Å²) in [6, 6.07) is 0. The van der Waals surface area contributed by atoms with Gasteiger partial charge in [-0.15, -0.1) is 0 Å². The maximum absolute atomic E-state index is 12.1. The summed E-state index contributed by atoms with van der Waals surface area (Å²) in [5.41, 5.74) is 0. The SMILES string of the molecule is CCCCCCNCCP(=O)(OCC)OCC. The van der Waals surface area contributed by atoms with Gasteiger partial charge in [0.05, 0.1) is 19.4 Å². The third kappa shape index (κ3) is 9.78. The van der Waals surface area contributed by atoms with Crippen LogP contribution >= 0.6 is 7.60 Å². The molecule has 0 radical (unpaired) electrons. The van der Waals surface area contributed by atoms with Crippen molar-refractivity contribution >= 4 is 7.60 Å². The van der Waals surface area contributed by atoms with Gasteiger partial charge >= 0.3 is 7.60 Å². The summed E-state index contributed by atoms with van der Waals surface area (Å²) in [5, 5.41) is 3.28. The van der Waals surface area contributed by atoms with E-state index in [0.717, 1.165) is 6.54 Å². The maximum Gasteiger partial charge on any atom is 0.331 e. The zero-order valence-electron chi connectivity index (χ0n) is 11.5. The van der Waals surface area contributed by atoms with E-state index in [0.29, 0.717) is 25.9 Å². The summed E-state index contributed by atoms with van der Waals surface area (Å²) in [4.78, 5) is 0. The number of rotatable bonds is 12.